The van der Waals surface area contributed by atoms with Crippen molar-refractivity contribution in [1.82, 2.24) is 14.9 Å². The zero-order valence-corrected chi connectivity index (χ0v) is 20.1. The molecule has 1 fully saturated rings. The number of aromatic nitrogens is 2. The Labute approximate surface area is 199 Å². The van der Waals surface area contributed by atoms with Crippen molar-refractivity contribution < 1.29 is 4.39 Å². The van der Waals surface area contributed by atoms with Gasteiger partial charge in [0, 0.05) is 30.1 Å². The van der Waals surface area contributed by atoms with Crippen LogP contribution in [-0.4, -0.2) is 34.0 Å². The quantitative estimate of drug-likeness (QED) is 0.481. The first kappa shape index (κ1) is 24.2. The first-order chi connectivity index (χ1) is 14.2. The number of nitrogens with one attached hydrogen (secondary N) is 1. The minimum atomic E-state index is -0.155. The number of aryl methyl sites for hydroxylation is 2. The van der Waals surface area contributed by atoms with Gasteiger partial charge in [-0.25, -0.2) is 14.4 Å². The molecule has 1 unspecified atom stereocenters. The van der Waals surface area contributed by atoms with Crippen LogP contribution in [0.15, 0.2) is 30.6 Å². The summed E-state index contributed by atoms with van der Waals surface area (Å²) in [6, 6.07) is 7.65. The van der Waals surface area contributed by atoms with Crippen molar-refractivity contribution in [2.24, 2.45) is 0 Å². The summed E-state index contributed by atoms with van der Waals surface area (Å²) in [5, 5.41) is 5.00. The van der Waals surface area contributed by atoms with Crippen molar-refractivity contribution >= 4 is 52.2 Å². The Morgan fingerprint density at radius 3 is 2.68 bits per heavy atom. The number of anilines is 1. The number of hydrogen-bond acceptors (Lipinski definition) is 5. The second-order valence-electron chi connectivity index (χ2n) is 8.30. The molecule has 2 aromatic heterocycles. The van der Waals surface area contributed by atoms with Crippen molar-refractivity contribution in [3.05, 3.63) is 52.4 Å². The number of nitrogens with zero attached hydrogens (tertiary/aromatic N) is 3. The fraction of sp³-hybridized carbons (Fsp3) is 0.478. The first-order valence-corrected chi connectivity index (χ1v) is 11.5. The molecule has 0 bridgehead atoms. The predicted octanol–water partition coefficient (Wildman–Crippen LogP) is 6.19. The van der Waals surface area contributed by atoms with Gasteiger partial charge in [0.05, 0.1) is 5.39 Å². The molecule has 1 saturated heterocycles. The number of benzene rings is 1. The third kappa shape index (κ3) is 4.98. The highest BCUT2D eigenvalue weighted by molar-refractivity contribution is 7.19. The van der Waals surface area contributed by atoms with Gasteiger partial charge >= 0.3 is 0 Å². The summed E-state index contributed by atoms with van der Waals surface area (Å²) in [5.74, 6) is 0.865. The van der Waals surface area contributed by atoms with Crippen LogP contribution in [0.2, 0.25) is 0 Å². The van der Waals surface area contributed by atoms with Gasteiger partial charge in [0.2, 0.25) is 0 Å². The summed E-state index contributed by atoms with van der Waals surface area (Å²) >= 11 is 1.85. The Kier molecular flexibility index (Phi) is 8.14. The highest BCUT2D eigenvalue weighted by Crippen LogP contribution is 2.38. The number of fused-ring (bicyclic) bond motifs is 3. The van der Waals surface area contributed by atoms with Crippen molar-refractivity contribution in [1.29, 1.82) is 0 Å². The molecule has 3 aromatic rings. The number of likely N-dealkylation sites (tertiary alicyclic amines) is 1. The average molecular weight is 483 g/mol. The molecule has 4 nitrogen and oxygen atoms in total. The van der Waals surface area contributed by atoms with Gasteiger partial charge in [-0.15, -0.1) is 36.2 Å². The van der Waals surface area contributed by atoms with Crippen LogP contribution in [0.25, 0.3) is 10.2 Å². The van der Waals surface area contributed by atoms with Gasteiger partial charge in [-0.2, -0.15) is 0 Å². The van der Waals surface area contributed by atoms with Crippen LogP contribution < -0.4 is 5.32 Å². The molecule has 0 spiro atoms. The summed E-state index contributed by atoms with van der Waals surface area (Å²) in [6.07, 6.45) is 8.73. The van der Waals surface area contributed by atoms with Gasteiger partial charge in [-0.3, -0.25) is 4.90 Å². The molecule has 1 aromatic carbocycles. The third-order valence-electron chi connectivity index (χ3n) is 6.50. The summed E-state index contributed by atoms with van der Waals surface area (Å²) in [6.45, 7) is 4.19. The molecule has 0 saturated carbocycles. The third-order valence-corrected chi connectivity index (χ3v) is 7.70. The van der Waals surface area contributed by atoms with E-state index >= 15 is 0 Å². The van der Waals surface area contributed by atoms with E-state index in [1.807, 2.05) is 17.4 Å². The topological polar surface area (TPSA) is 41.0 Å². The lowest BCUT2D eigenvalue weighted by molar-refractivity contribution is 0.167. The van der Waals surface area contributed by atoms with E-state index in [-0.39, 0.29) is 36.7 Å². The Balaban J connectivity index is 0.00000136. The standard InChI is InChI=1S/C23H27FN4S.2ClH/c1-15(16-5-4-6-17(24)13-16)28-11-9-18(10-12-28)27-22-21-19-7-2-3-8-20(19)29-23(21)26-14-25-22;;/h4-6,13-15,18H,2-3,7-12H2,1H3,(H,25,26,27);2*1H. The Morgan fingerprint density at radius 2 is 1.90 bits per heavy atom. The van der Waals surface area contributed by atoms with E-state index in [1.54, 1.807) is 18.5 Å². The molecular formula is C23H29Cl2FN4S. The van der Waals surface area contributed by atoms with Crippen molar-refractivity contribution in [2.75, 3.05) is 18.4 Å². The second-order valence-corrected chi connectivity index (χ2v) is 9.38. The normalized spacial score (nSPS) is 18.0. The predicted molar refractivity (Wildman–Crippen MR) is 132 cm³/mol. The van der Waals surface area contributed by atoms with E-state index in [1.165, 1.54) is 41.2 Å². The Hall–Kier alpha value is -1.47. The van der Waals surface area contributed by atoms with Crippen LogP contribution >= 0.6 is 36.2 Å². The maximum atomic E-state index is 13.6. The van der Waals surface area contributed by atoms with Gasteiger partial charge in [0.25, 0.3) is 0 Å². The molecule has 8 heteroatoms. The minimum absolute atomic E-state index is 0. The molecule has 1 aliphatic carbocycles. The number of halogens is 3. The van der Waals surface area contributed by atoms with Gasteiger partial charge in [-0.05, 0) is 68.7 Å². The minimum Gasteiger partial charge on any atom is -0.367 e. The summed E-state index contributed by atoms with van der Waals surface area (Å²) in [4.78, 5) is 14.3. The van der Waals surface area contributed by atoms with E-state index in [0.717, 1.165) is 48.6 Å². The smallest absolute Gasteiger partial charge is 0.138 e. The highest BCUT2D eigenvalue weighted by atomic mass is 35.5. The largest absolute Gasteiger partial charge is 0.367 e. The van der Waals surface area contributed by atoms with E-state index in [2.05, 4.69) is 27.1 Å². The van der Waals surface area contributed by atoms with Crippen LogP contribution in [0.1, 0.15) is 54.7 Å². The van der Waals surface area contributed by atoms with Crippen LogP contribution in [0.3, 0.4) is 0 Å². The Bertz CT molecular complexity index is 1020. The zero-order chi connectivity index (χ0) is 19.8. The molecule has 2 aliphatic rings. The lowest BCUT2D eigenvalue weighted by Gasteiger charge is -2.36. The zero-order valence-electron chi connectivity index (χ0n) is 17.6. The lowest BCUT2D eigenvalue weighted by Crippen LogP contribution is -2.40. The summed E-state index contributed by atoms with van der Waals surface area (Å²) in [5.41, 5.74) is 2.54. The van der Waals surface area contributed by atoms with Crippen LogP contribution in [-0.2, 0) is 12.8 Å². The van der Waals surface area contributed by atoms with E-state index in [9.17, 15) is 4.39 Å². The van der Waals surface area contributed by atoms with E-state index in [4.69, 9.17) is 0 Å². The fourth-order valence-electron chi connectivity index (χ4n) is 4.80. The van der Waals surface area contributed by atoms with Crippen LogP contribution in [0.5, 0.6) is 0 Å². The molecule has 31 heavy (non-hydrogen) atoms. The van der Waals surface area contributed by atoms with E-state index < -0.39 is 0 Å². The maximum absolute atomic E-state index is 13.6. The van der Waals surface area contributed by atoms with Gasteiger partial charge in [0.1, 0.15) is 22.8 Å². The number of piperidine rings is 1. The van der Waals surface area contributed by atoms with Crippen molar-refractivity contribution in [2.45, 2.75) is 57.5 Å². The monoisotopic (exact) mass is 482 g/mol. The average Bonchev–Trinajstić information content (AvgIpc) is 3.13. The van der Waals surface area contributed by atoms with Gasteiger partial charge in [-0.1, -0.05) is 12.1 Å². The molecule has 0 amide bonds. The van der Waals surface area contributed by atoms with E-state index in [0.29, 0.717) is 6.04 Å². The molecular weight excluding hydrogens is 454 g/mol. The number of thiophene rings is 1. The van der Waals surface area contributed by atoms with Crippen molar-refractivity contribution in [3.63, 3.8) is 0 Å². The molecule has 1 N–H and O–H groups in total. The molecule has 1 aliphatic heterocycles. The molecule has 168 valence electrons. The summed E-state index contributed by atoms with van der Waals surface area (Å²) in [7, 11) is 0. The van der Waals surface area contributed by atoms with Crippen LogP contribution in [0, 0.1) is 5.82 Å². The maximum Gasteiger partial charge on any atom is 0.138 e. The molecule has 5 rings (SSSR count). The molecule has 1 atom stereocenters. The first-order valence-electron chi connectivity index (χ1n) is 10.7. The van der Waals surface area contributed by atoms with Crippen LogP contribution in [0.4, 0.5) is 10.2 Å². The lowest BCUT2D eigenvalue weighted by atomic mass is 9.96. The molecule has 0 radical (unpaired) electrons. The molecule has 3 heterocycles. The Morgan fingerprint density at radius 1 is 1.13 bits per heavy atom. The number of rotatable bonds is 4. The van der Waals surface area contributed by atoms with Crippen molar-refractivity contribution in [3.8, 4) is 0 Å². The second kappa shape index (κ2) is 10.4. The number of hydrogen-bond donors (Lipinski definition) is 1. The highest BCUT2D eigenvalue weighted by Gasteiger charge is 2.26. The van der Waals surface area contributed by atoms with Gasteiger partial charge < -0.3 is 5.32 Å². The fourth-order valence-corrected chi connectivity index (χ4v) is 6.03. The SMILES string of the molecule is CC(c1cccc(F)c1)N1CCC(Nc2ncnc3sc4c(c23)CCCC4)CC1.Cl.Cl. The van der Waals surface area contributed by atoms with Gasteiger partial charge in [0.15, 0.2) is 0 Å². The summed E-state index contributed by atoms with van der Waals surface area (Å²) < 4.78 is 13.6.